The number of nitroso groups, excluding NO2 is 1. The number of azo groups is 2. The van der Waals surface area contributed by atoms with Crippen LogP contribution in [-0.2, 0) is 0 Å². The van der Waals surface area contributed by atoms with Crippen molar-refractivity contribution in [2.24, 2.45) is 37.3 Å². The van der Waals surface area contributed by atoms with E-state index in [0.29, 0.717) is 28.4 Å². The fourth-order valence-corrected chi connectivity index (χ4v) is 2.14. The van der Waals surface area contributed by atoms with Crippen LogP contribution >= 0.6 is 0 Å². The van der Waals surface area contributed by atoms with Crippen LogP contribution in [0, 0.1) is 22.7 Å². The minimum atomic E-state index is -0.0417. The number of hydrogen-bond donors (Lipinski definition) is 1. The standard InChI is InChI=1S/C20H16N6O/c1-14-2-3-15(21)4-13-20(14)25-24-18-7-5-16(6-8-18)22-23-17-9-11-19(26-27)12-10-17/h4-14H,21H2,1H3. The van der Waals surface area contributed by atoms with Gasteiger partial charge in [-0.15, -0.1) is 4.91 Å². The molecule has 0 bridgehead atoms. The topological polar surface area (TPSA) is 105 Å². The van der Waals surface area contributed by atoms with Gasteiger partial charge in [-0.1, -0.05) is 5.92 Å². The van der Waals surface area contributed by atoms with Crippen molar-refractivity contribution in [3.05, 3.63) is 77.0 Å². The minimum absolute atomic E-state index is 0.0417. The van der Waals surface area contributed by atoms with Crippen LogP contribution < -0.4 is 5.73 Å². The molecule has 0 fully saturated rings. The van der Waals surface area contributed by atoms with Crippen LogP contribution in [-0.4, -0.2) is 0 Å². The molecule has 0 saturated carbocycles. The molecule has 7 heteroatoms. The van der Waals surface area contributed by atoms with Gasteiger partial charge in [0.15, 0.2) is 0 Å². The first-order valence-electron chi connectivity index (χ1n) is 8.20. The molecule has 2 N–H and O–H groups in total. The lowest BCUT2D eigenvalue weighted by Crippen LogP contribution is -1.92. The number of rotatable bonds is 5. The van der Waals surface area contributed by atoms with E-state index >= 15 is 0 Å². The molecule has 3 rings (SSSR count). The summed E-state index contributed by atoms with van der Waals surface area (Å²) in [7, 11) is 0. The second-order valence-corrected chi connectivity index (χ2v) is 5.73. The first-order valence-corrected chi connectivity index (χ1v) is 8.20. The highest BCUT2D eigenvalue weighted by molar-refractivity contribution is 5.49. The summed E-state index contributed by atoms with van der Waals surface area (Å²) in [6.45, 7) is 1.95. The van der Waals surface area contributed by atoms with Gasteiger partial charge in [0.2, 0.25) is 0 Å². The maximum absolute atomic E-state index is 10.4. The van der Waals surface area contributed by atoms with Crippen molar-refractivity contribution in [3.63, 3.8) is 0 Å². The molecule has 0 spiro atoms. The fraction of sp³-hybridized carbons (Fsp3) is 0.100. The summed E-state index contributed by atoms with van der Waals surface area (Å²) in [5.74, 6) is 5.83. The van der Waals surface area contributed by atoms with Gasteiger partial charge in [0.05, 0.1) is 34.4 Å². The number of nitrogens with zero attached hydrogens (tertiary/aromatic N) is 5. The van der Waals surface area contributed by atoms with Crippen LogP contribution in [0.25, 0.3) is 0 Å². The smallest absolute Gasteiger partial charge is 0.108 e. The SMILES string of the molecule is CC1C#CC(N)=CC=C1N=Nc1ccc(N=Nc2ccc(N=O)cc2)cc1. The average Bonchev–Trinajstić information content (AvgIpc) is 2.87. The quantitative estimate of drug-likeness (QED) is 0.405. The van der Waals surface area contributed by atoms with E-state index in [1.807, 2.05) is 13.0 Å². The molecule has 2 aromatic carbocycles. The summed E-state index contributed by atoms with van der Waals surface area (Å²) in [4.78, 5) is 10.4. The van der Waals surface area contributed by atoms with Crippen molar-refractivity contribution in [2.45, 2.75) is 6.92 Å². The molecule has 1 atom stereocenters. The largest absolute Gasteiger partial charge is 0.392 e. The highest BCUT2D eigenvalue weighted by atomic mass is 16.3. The van der Waals surface area contributed by atoms with Gasteiger partial charge in [-0.2, -0.15) is 20.5 Å². The monoisotopic (exact) mass is 356 g/mol. The van der Waals surface area contributed by atoms with E-state index in [1.54, 1.807) is 54.6 Å². The molecule has 0 aromatic heterocycles. The van der Waals surface area contributed by atoms with Gasteiger partial charge in [-0.05, 0) is 78.7 Å². The first-order chi connectivity index (χ1) is 13.1. The Labute approximate surface area is 156 Å². The van der Waals surface area contributed by atoms with Crippen molar-refractivity contribution in [3.8, 4) is 11.8 Å². The molecule has 27 heavy (non-hydrogen) atoms. The van der Waals surface area contributed by atoms with E-state index in [9.17, 15) is 4.91 Å². The highest BCUT2D eigenvalue weighted by Gasteiger charge is 2.06. The Kier molecular flexibility index (Phi) is 5.60. The van der Waals surface area contributed by atoms with Crippen molar-refractivity contribution < 1.29 is 0 Å². The Bertz CT molecular complexity index is 1010. The van der Waals surface area contributed by atoms with Crippen molar-refractivity contribution in [1.82, 2.24) is 0 Å². The van der Waals surface area contributed by atoms with E-state index in [-0.39, 0.29) is 5.92 Å². The van der Waals surface area contributed by atoms with Gasteiger partial charge in [-0.3, -0.25) is 0 Å². The summed E-state index contributed by atoms with van der Waals surface area (Å²) < 4.78 is 0. The lowest BCUT2D eigenvalue weighted by Gasteiger charge is -2.01. The Morgan fingerprint density at radius 3 is 1.78 bits per heavy atom. The molecule has 0 radical (unpaired) electrons. The zero-order valence-corrected chi connectivity index (χ0v) is 14.6. The normalized spacial score (nSPS) is 16.4. The maximum atomic E-state index is 10.4. The first kappa shape index (κ1) is 17.9. The second kappa shape index (κ2) is 8.45. The predicted octanol–water partition coefficient (Wildman–Crippen LogP) is 5.96. The van der Waals surface area contributed by atoms with Crippen LogP contribution in [0.4, 0.5) is 22.7 Å². The summed E-state index contributed by atoms with van der Waals surface area (Å²) in [5, 5.41) is 19.6. The van der Waals surface area contributed by atoms with Crippen molar-refractivity contribution >= 4 is 22.7 Å². The molecule has 0 aliphatic heterocycles. The van der Waals surface area contributed by atoms with Gasteiger partial charge in [0, 0.05) is 0 Å². The third kappa shape index (κ3) is 5.03. The Morgan fingerprint density at radius 2 is 1.26 bits per heavy atom. The minimum Gasteiger partial charge on any atom is -0.392 e. The van der Waals surface area contributed by atoms with Crippen LogP contribution in [0.5, 0.6) is 0 Å². The third-order valence-corrected chi connectivity index (χ3v) is 3.68. The maximum Gasteiger partial charge on any atom is 0.108 e. The summed E-state index contributed by atoms with van der Waals surface area (Å²) in [6, 6.07) is 13.7. The zero-order valence-electron chi connectivity index (χ0n) is 14.6. The molecular weight excluding hydrogens is 340 g/mol. The third-order valence-electron chi connectivity index (χ3n) is 3.68. The van der Waals surface area contributed by atoms with E-state index in [4.69, 9.17) is 5.73 Å². The Hall–Kier alpha value is -3.92. The number of nitrogens with two attached hydrogens (primary N) is 1. The lowest BCUT2D eigenvalue weighted by atomic mass is 10.1. The van der Waals surface area contributed by atoms with Crippen LogP contribution in [0.1, 0.15) is 6.92 Å². The molecule has 1 aliphatic carbocycles. The molecule has 0 heterocycles. The zero-order chi connectivity index (χ0) is 19.1. The predicted molar refractivity (Wildman–Crippen MR) is 104 cm³/mol. The van der Waals surface area contributed by atoms with Gasteiger partial charge in [0.25, 0.3) is 0 Å². The summed E-state index contributed by atoms with van der Waals surface area (Å²) >= 11 is 0. The van der Waals surface area contributed by atoms with Crippen LogP contribution in [0.15, 0.2) is 97.7 Å². The van der Waals surface area contributed by atoms with Gasteiger partial charge in [-0.25, -0.2) is 0 Å². The fourth-order valence-electron chi connectivity index (χ4n) is 2.14. The molecule has 0 amide bonds. The number of allylic oxidation sites excluding steroid dienone is 4. The average molecular weight is 356 g/mol. The second-order valence-electron chi connectivity index (χ2n) is 5.73. The van der Waals surface area contributed by atoms with E-state index in [1.165, 1.54) is 0 Å². The highest BCUT2D eigenvalue weighted by Crippen LogP contribution is 2.24. The molecular formula is C20H16N6O. The van der Waals surface area contributed by atoms with Crippen molar-refractivity contribution in [1.29, 1.82) is 0 Å². The van der Waals surface area contributed by atoms with Gasteiger partial charge in [0.1, 0.15) is 5.69 Å². The Morgan fingerprint density at radius 1 is 0.778 bits per heavy atom. The van der Waals surface area contributed by atoms with Gasteiger partial charge < -0.3 is 5.73 Å². The Balaban J connectivity index is 1.67. The molecule has 1 aliphatic rings. The number of hydrogen-bond acceptors (Lipinski definition) is 7. The van der Waals surface area contributed by atoms with Crippen LogP contribution in [0.2, 0.25) is 0 Å². The molecule has 7 nitrogen and oxygen atoms in total. The molecule has 0 saturated heterocycles. The van der Waals surface area contributed by atoms with Gasteiger partial charge >= 0.3 is 0 Å². The number of benzene rings is 2. The molecule has 132 valence electrons. The van der Waals surface area contributed by atoms with E-state index in [2.05, 4.69) is 37.5 Å². The van der Waals surface area contributed by atoms with E-state index < -0.39 is 0 Å². The van der Waals surface area contributed by atoms with E-state index in [0.717, 1.165) is 5.70 Å². The lowest BCUT2D eigenvalue weighted by molar-refractivity contribution is 0.853. The summed E-state index contributed by atoms with van der Waals surface area (Å²) in [6.07, 6.45) is 3.54. The molecule has 1 unspecified atom stereocenters. The van der Waals surface area contributed by atoms with Crippen molar-refractivity contribution in [2.75, 3.05) is 0 Å². The summed E-state index contributed by atoms with van der Waals surface area (Å²) in [5.41, 5.74) is 9.32. The van der Waals surface area contributed by atoms with Crippen LogP contribution in [0.3, 0.4) is 0 Å². The molecule has 2 aromatic rings.